The van der Waals surface area contributed by atoms with Crippen LogP contribution in [-0.4, -0.2) is 42.2 Å². The van der Waals surface area contributed by atoms with Crippen LogP contribution in [0.2, 0.25) is 5.02 Å². The van der Waals surface area contributed by atoms with Gasteiger partial charge in [0.1, 0.15) is 5.82 Å². The molecule has 2 aromatic rings. The summed E-state index contributed by atoms with van der Waals surface area (Å²) in [6.07, 6.45) is 3.00. The highest BCUT2D eigenvalue weighted by Crippen LogP contribution is 2.21. The van der Waals surface area contributed by atoms with Gasteiger partial charge in [-0.1, -0.05) is 29.7 Å². The monoisotopic (exact) mass is 407 g/mol. The molecule has 1 atom stereocenters. The minimum Gasteiger partial charge on any atom is -0.359 e. The number of halogens is 2. The van der Waals surface area contributed by atoms with E-state index in [9.17, 15) is 4.39 Å². The molecule has 0 saturated carbocycles. The average Bonchev–Trinajstić information content (AvgIpc) is 3.16. The van der Waals surface area contributed by atoms with E-state index in [2.05, 4.69) is 25.7 Å². The van der Waals surface area contributed by atoms with Gasteiger partial charge in [-0.3, -0.25) is 9.89 Å². The van der Waals surface area contributed by atoms with Crippen molar-refractivity contribution in [3.63, 3.8) is 0 Å². The zero-order chi connectivity index (χ0) is 19.9. The summed E-state index contributed by atoms with van der Waals surface area (Å²) < 4.78 is 18.5. The smallest absolute Gasteiger partial charge is 0.191 e. The highest BCUT2D eigenvalue weighted by molar-refractivity contribution is 6.31. The fourth-order valence-electron chi connectivity index (χ4n) is 3.37. The molecule has 2 heterocycles. The molecule has 0 bridgehead atoms. The second-order valence-electron chi connectivity index (χ2n) is 7.02. The maximum atomic E-state index is 13.2. The normalized spacial score (nSPS) is 18.3. The molecule has 0 spiro atoms. The van der Waals surface area contributed by atoms with E-state index in [-0.39, 0.29) is 11.9 Å². The molecule has 1 aliphatic rings. The quantitative estimate of drug-likeness (QED) is 0.567. The molecule has 1 aromatic heterocycles. The second kappa shape index (κ2) is 9.89. The van der Waals surface area contributed by atoms with E-state index in [1.54, 1.807) is 13.1 Å². The Morgan fingerprint density at radius 1 is 1.43 bits per heavy atom. The summed E-state index contributed by atoms with van der Waals surface area (Å²) in [4.78, 5) is 6.64. The molecule has 6 nitrogen and oxygen atoms in total. The second-order valence-corrected chi connectivity index (χ2v) is 7.43. The van der Waals surface area contributed by atoms with Gasteiger partial charge in [0.05, 0.1) is 12.2 Å². The van der Waals surface area contributed by atoms with Crippen LogP contribution < -0.4 is 10.6 Å². The summed E-state index contributed by atoms with van der Waals surface area (Å²) in [7, 11) is 1.76. The van der Waals surface area contributed by atoms with E-state index in [0.717, 1.165) is 55.3 Å². The molecule has 8 heteroatoms. The Hall–Kier alpha value is -2.12. The Kier molecular flexibility index (Phi) is 7.28. The maximum absolute atomic E-state index is 13.2. The molecule has 28 heavy (non-hydrogen) atoms. The van der Waals surface area contributed by atoms with Crippen LogP contribution in [0, 0.1) is 5.82 Å². The number of hydrogen-bond donors (Lipinski definition) is 2. The first-order valence-electron chi connectivity index (χ1n) is 9.65. The fraction of sp³-hybridized carbons (Fsp3) is 0.500. The van der Waals surface area contributed by atoms with Crippen molar-refractivity contribution in [1.29, 1.82) is 0 Å². The van der Waals surface area contributed by atoms with Gasteiger partial charge in [0, 0.05) is 37.3 Å². The van der Waals surface area contributed by atoms with Crippen LogP contribution in [0.4, 0.5) is 4.39 Å². The standard InChI is InChI=1S/C20H27ClFN5O/c1-3-16-10-18(28-26-16)11-24-20(23-2)25-17-5-4-8-27(13-17)12-14-6-7-15(22)9-19(14)21/h6-7,9-10,17H,3-5,8,11-13H2,1-2H3,(H2,23,24,25). The van der Waals surface area contributed by atoms with Crippen LogP contribution in [0.15, 0.2) is 33.8 Å². The number of hydrogen-bond acceptors (Lipinski definition) is 4. The van der Waals surface area contributed by atoms with E-state index in [1.807, 2.05) is 13.0 Å². The van der Waals surface area contributed by atoms with Gasteiger partial charge in [0.25, 0.3) is 0 Å². The van der Waals surface area contributed by atoms with Crippen molar-refractivity contribution in [3.8, 4) is 0 Å². The van der Waals surface area contributed by atoms with Crippen LogP contribution in [-0.2, 0) is 19.5 Å². The van der Waals surface area contributed by atoms with Crippen LogP contribution in [0.3, 0.4) is 0 Å². The number of piperidine rings is 1. The molecule has 152 valence electrons. The molecular weight excluding hydrogens is 381 g/mol. The Bertz CT molecular complexity index is 810. The van der Waals surface area contributed by atoms with Gasteiger partial charge in [-0.05, 0) is 43.5 Å². The number of guanidine groups is 1. The van der Waals surface area contributed by atoms with Gasteiger partial charge in [0.2, 0.25) is 0 Å². The van der Waals surface area contributed by atoms with Gasteiger partial charge >= 0.3 is 0 Å². The van der Waals surface area contributed by atoms with Gasteiger partial charge in [0.15, 0.2) is 11.7 Å². The Morgan fingerprint density at radius 3 is 3.00 bits per heavy atom. The molecule has 1 aliphatic heterocycles. The van der Waals surface area contributed by atoms with Crippen molar-refractivity contribution in [1.82, 2.24) is 20.7 Å². The highest BCUT2D eigenvalue weighted by Gasteiger charge is 2.21. The third-order valence-electron chi connectivity index (χ3n) is 4.88. The van der Waals surface area contributed by atoms with Gasteiger partial charge in [-0.15, -0.1) is 0 Å². The first-order chi connectivity index (χ1) is 13.6. The average molecular weight is 408 g/mol. The summed E-state index contributed by atoms with van der Waals surface area (Å²) in [6, 6.07) is 6.82. The number of rotatable bonds is 6. The van der Waals surface area contributed by atoms with Crippen molar-refractivity contribution in [2.75, 3.05) is 20.1 Å². The predicted octanol–water partition coefficient (Wildman–Crippen LogP) is 3.36. The first-order valence-corrected chi connectivity index (χ1v) is 10.0. The summed E-state index contributed by atoms with van der Waals surface area (Å²) in [6.45, 7) is 5.16. The van der Waals surface area contributed by atoms with Crippen molar-refractivity contribution >= 4 is 17.6 Å². The van der Waals surface area contributed by atoms with E-state index >= 15 is 0 Å². The lowest BCUT2D eigenvalue weighted by Gasteiger charge is -2.34. The summed E-state index contributed by atoms with van der Waals surface area (Å²) in [5, 5.41) is 11.2. The molecule has 0 aliphatic carbocycles. The van der Waals surface area contributed by atoms with Gasteiger partial charge < -0.3 is 15.2 Å². The van der Waals surface area contributed by atoms with Crippen molar-refractivity contribution in [2.45, 2.75) is 45.3 Å². The van der Waals surface area contributed by atoms with Gasteiger partial charge in [-0.25, -0.2) is 4.39 Å². The number of aryl methyl sites for hydroxylation is 1. The molecule has 1 aromatic carbocycles. The van der Waals surface area contributed by atoms with Crippen molar-refractivity contribution in [3.05, 3.63) is 52.1 Å². The zero-order valence-electron chi connectivity index (χ0n) is 16.3. The van der Waals surface area contributed by atoms with E-state index in [1.165, 1.54) is 12.1 Å². The number of aromatic nitrogens is 1. The molecule has 1 saturated heterocycles. The SMILES string of the molecule is CCc1cc(CNC(=NC)NC2CCCN(Cc3ccc(F)cc3Cl)C2)on1. The van der Waals surface area contributed by atoms with Crippen molar-refractivity contribution < 1.29 is 8.91 Å². The van der Waals surface area contributed by atoms with E-state index < -0.39 is 0 Å². The molecule has 0 amide bonds. The fourth-order valence-corrected chi connectivity index (χ4v) is 3.60. The van der Waals surface area contributed by atoms with E-state index in [0.29, 0.717) is 18.1 Å². The summed E-state index contributed by atoms with van der Waals surface area (Å²) in [5.41, 5.74) is 1.89. The summed E-state index contributed by atoms with van der Waals surface area (Å²) >= 11 is 6.18. The summed E-state index contributed by atoms with van der Waals surface area (Å²) in [5.74, 6) is 1.22. The number of benzene rings is 1. The maximum Gasteiger partial charge on any atom is 0.191 e. The number of nitrogens with zero attached hydrogens (tertiary/aromatic N) is 3. The predicted molar refractivity (Wildman–Crippen MR) is 109 cm³/mol. The minimum atomic E-state index is -0.306. The minimum absolute atomic E-state index is 0.278. The van der Waals surface area contributed by atoms with Crippen molar-refractivity contribution in [2.24, 2.45) is 4.99 Å². The Labute approximate surface area is 170 Å². The first kappa shape index (κ1) is 20.6. The van der Waals surface area contributed by atoms with Crippen LogP contribution in [0.5, 0.6) is 0 Å². The van der Waals surface area contributed by atoms with E-state index in [4.69, 9.17) is 16.1 Å². The molecule has 3 rings (SSSR count). The zero-order valence-corrected chi connectivity index (χ0v) is 17.1. The number of likely N-dealkylation sites (tertiary alicyclic amines) is 1. The third kappa shape index (κ3) is 5.69. The number of aliphatic imine (C=N–C) groups is 1. The lowest BCUT2D eigenvalue weighted by Crippen LogP contribution is -2.50. The lowest BCUT2D eigenvalue weighted by molar-refractivity contribution is 0.192. The highest BCUT2D eigenvalue weighted by atomic mass is 35.5. The number of nitrogens with one attached hydrogen (secondary N) is 2. The molecule has 0 radical (unpaired) electrons. The van der Waals surface area contributed by atoms with Crippen LogP contribution >= 0.6 is 11.6 Å². The molecule has 1 fully saturated rings. The Balaban J connectivity index is 1.51. The Morgan fingerprint density at radius 2 is 2.29 bits per heavy atom. The molecule has 2 N–H and O–H groups in total. The molecular formula is C20H27ClFN5O. The largest absolute Gasteiger partial charge is 0.359 e. The lowest BCUT2D eigenvalue weighted by atomic mass is 10.0. The third-order valence-corrected chi connectivity index (χ3v) is 5.23. The molecule has 1 unspecified atom stereocenters. The van der Waals surface area contributed by atoms with Crippen LogP contribution in [0.25, 0.3) is 0 Å². The van der Waals surface area contributed by atoms with Crippen LogP contribution in [0.1, 0.15) is 36.8 Å². The van der Waals surface area contributed by atoms with Gasteiger partial charge in [-0.2, -0.15) is 0 Å². The topological polar surface area (TPSA) is 65.7 Å².